The molecule has 6 rings (SSSR count). The molecule has 0 aliphatic carbocycles. The van der Waals surface area contributed by atoms with E-state index in [0.29, 0.717) is 37.8 Å². The number of urea groups is 1. The van der Waals surface area contributed by atoms with Crippen LogP contribution in [0, 0.1) is 6.92 Å². The molecular weight excluding hydrogens is 554 g/mol. The van der Waals surface area contributed by atoms with Crippen molar-refractivity contribution in [2.45, 2.75) is 33.1 Å². The summed E-state index contributed by atoms with van der Waals surface area (Å²) in [5.74, 6) is 0.532. The fourth-order valence-corrected chi connectivity index (χ4v) is 5.13. The summed E-state index contributed by atoms with van der Waals surface area (Å²) in [5.41, 5.74) is 4.98. The Bertz CT molecular complexity index is 1820. The van der Waals surface area contributed by atoms with Crippen molar-refractivity contribution in [1.82, 2.24) is 24.6 Å². The average molecular weight is 590 g/mol. The van der Waals surface area contributed by atoms with Gasteiger partial charge in [-0.25, -0.2) is 19.4 Å². The lowest BCUT2D eigenvalue weighted by molar-refractivity contribution is 0.0295. The summed E-state index contributed by atoms with van der Waals surface area (Å²) in [6.45, 7) is 10.4. The Hall–Kier alpha value is -5.09. The molecule has 3 aromatic carbocycles. The van der Waals surface area contributed by atoms with Crippen LogP contribution in [0.3, 0.4) is 0 Å². The van der Waals surface area contributed by atoms with Gasteiger partial charge in [0.05, 0.1) is 30.3 Å². The highest BCUT2D eigenvalue weighted by Gasteiger charge is 2.23. The van der Waals surface area contributed by atoms with E-state index in [0.717, 1.165) is 38.8 Å². The number of benzene rings is 3. The molecule has 3 heterocycles. The summed E-state index contributed by atoms with van der Waals surface area (Å²) in [5, 5.41) is 12.6. The summed E-state index contributed by atoms with van der Waals surface area (Å²) in [7, 11) is 0. The number of fused-ring (bicyclic) bond motifs is 1. The van der Waals surface area contributed by atoms with Crippen LogP contribution in [0.4, 0.5) is 16.3 Å². The first kappa shape index (κ1) is 29.0. The predicted octanol–water partition coefficient (Wildman–Crippen LogP) is 6.20. The Kier molecular flexibility index (Phi) is 7.84. The minimum absolute atomic E-state index is 0.161. The summed E-state index contributed by atoms with van der Waals surface area (Å²) in [6.07, 6.45) is 3.34. The van der Waals surface area contributed by atoms with Gasteiger partial charge in [-0.2, -0.15) is 5.10 Å². The maximum atomic E-state index is 13.4. The molecule has 5 aromatic rings. The van der Waals surface area contributed by atoms with E-state index >= 15 is 0 Å². The lowest BCUT2D eigenvalue weighted by Gasteiger charge is -2.26. The number of carbonyl (C=O) groups is 2. The van der Waals surface area contributed by atoms with Crippen LogP contribution < -0.4 is 10.6 Å². The number of ether oxygens (including phenoxy) is 1. The van der Waals surface area contributed by atoms with Gasteiger partial charge in [-0.1, -0.05) is 68.8 Å². The summed E-state index contributed by atoms with van der Waals surface area (Å²) in [6, 6.07) is 21.1. The van der Waals surface area contributed by atoms with Crippen molar-refractivity contribution in [3.63, 3.8) is 0 Å². The maximum Gasteiger partial charge on any atom is 0.324 e. The minimum Gasteiger partial charge on any atom is -0.378 e. The highest BCUT2D eigenvalue weighted by atomic mass is 16.5. The molecule has 1 aliphatic heterocycles. The molecule has 3 amide bonds. The van der Waals surface area contributed by atoms with E-state index in [1.54, 1.807) is 22.0 Å². The summed E-state index contributed by atoms with van der Waals surface area (Å²) in [4.78, 5) is 36.6. The second kappa shape index (κ2) is 11.9. The van der Waals surface area contributed by atoms with Gasteiger partial charge in [0.25, 0.3) is 5.91 Å². The number of morpholine rings is 1. The number of anilines is 2. The van der Waals surface area contributed by atoms with Crippen LogP contribution in [-0.4, -0.2) is 62.9 Å². The molecule has 10 nitrogen and oxygen atoms in total. The molecule has 2 N–H and O–H groups in total. The molecular formula is C34H35N7O3. The highest BCUT2D eigenvalue weighted by molar-refractivity contribution is 6.09. The van der Waals surface area contributed by atoms with Gasteiger partial charge in [0.2, 0.25) is 5.82 Å². The van der Waals surface area contributed by atoms with Crippen molar-refractivity contribution in [1.29, 1.82) is 0 Å². The highest BCUT2D eigenvalue weighted by Crippen LogP contribution is 2.33. The molecule has 1 fully saturated rings. The van der Waals surface area contributed by atoms with Crippen LogP contribution in [0.1, 0.15) is 42.6 Å². The van der Waals surface area contributed by atoms with Gasteiger partial charge in [0.15, 0.2) is 0 Å². The van der Waals surface area contributed by atoms with Gasteiger partial charge in [0.1, 0.15) is 5.82 Å². The second-order valence-electron chi connectivity index (χ2n) is 11.9. The number of hydrogen-bond donors (Lipinski definition) is 2. The standard InChI is InChI=1S/C34H35N7O3/c1-22-9-11-24(12-10-22)41-30(19-29(39-41)34(2,3)4)38-33(43)37-28-14-13-25(26-7-5-6-8-27(26)28)23-20-35-31(36-21-23)32(42)40-15-17-44-18-16-40/h5-14,19-21H,15-18H2,1-4H3,(H2,37,38,43). The van der Waals surface area contributed by atoms with Gasteiger partial charge in [-0.05, 0) is 36.1 Å². The van der Waals surface area contributed by atoms with E-state index in [-0.39, 0.29) is 23.2 Å². The first-order valence-electron chi connectivity index (χ1n) is 14.6. The fraction of sp³-hybridized carbons (Fsp3) is 0.265. The minimum atomic E-state index is -0.383. The largest absolute Gasteiger partial charge is 0.378 e. The third-order valence-corrected chi connectivity index (χ3v) is 7.62. The zero-order valence-electron chi connectivity index (χ0n) is 25.3. The van der Waals surface area contributed by atoms with Crippen molar-refractivity contribution in [2.24, 2.45) is 0 Å². The lowest BCUT2D eigenvalue weighted by Crippen LogP contribution is -2.41. The molecule has 0 saturated carbocycles. The lowest BCUT2D eigenvalue weighted by atomic mass is 9.92. The van der Waals surface area contributed by atoms with Crippen molar-refractivity contribution >= 4 is 34.2 Å². The Balaban J connectivity index is 1.25. The molecule has 224 valence electrons. The van der Waals surface area contributed by atoms with Crippen LogP contribution >= 0.6 is 0 Å². The summed E-state index contributed by atoms with van der Waals surface area (Å²) < 4.78 is 7.10. The van der Waals surface area contributed by atoms with Crippen LogP contribution in [0.5, 0.6) is 0 Å². The number of amides is 3. The number of aryl methyl sites for hydroxylation is 1. The molecule has 10 heteroatoms. The normalized spacial score (nSPS) is 13.6. The molecule has 0 unspecified atom stereocenters. The number of hydrogen-bond acceptors (Lipinski definition) is 6. The molecule has 0 spiro atoms. The molecule has 1 saturated heterocycles. The van der Waals surface area contributed by atoms with Gasteiger partial charge in [0, 0.05) is 47.9 Å². The van der Waals surface area contributed by atoms with E-state index < -0.39 is 0 Å². The van der Waals surface area contributed by atoms with Crippen molar-refractivity contribution in [2.75, 3.05) is 36.9 Å². The van der Waals surface area contributed by atoms with Gasteiger partial charge >= 0.3 is 6.03 Å². The van der Waals surface area contributed by atoms with Gasteiger partial charge in [-0.15, -0.1) is 0 Å². The smallest absolute Gasteiger partial charge is 0.324 e. The number of rotatable bonds is 5. The molecule has 0 atom stereocenters. The molecule has 0 bridgehead atoms. The van der Waals surface area contributed by atoms with E-state index in [1.807, 2.05) is 73.7 Å². The summed E-state index contributed by atoms with van der Waals surface area (Å²) >= 11 is 0. The van der Waals surface area contributed by atoms with E-state index in [9.17, 15) is 9.59 Å². The van der Waals surface area contributed by atoms with E-state index in [2.05, 4.69) is 41.4 Å². The number of aromatic nitrogens is 4. The molecule has 0 radical (unpaired) electrons. The number of nitrogens with zero attached hydrogens (tertiary/aromatic N) is 5. The van der Waals surface area contributed by atoms with Crippen LogP contribution in [-0.2, 0) is 10.2 Å². The van der Waals surface area contributed by atoms with Crippen molar-refractivity contribution in [3.8, 4) is 16.8 Å². The SMILES string of the molecule is Cc1ccc(-n2nc(C(C)(C)C)cc2NC(=O)Nc2ccc(-c3cnc(C(=O)N4CCOCC4)nc3)c3ccccc23)cc1. The average Bonchev–Trinajstić information content (AvgIpc) is 3.46. The topological polar surface area (TPSA) is 114 Å². The van der Waals surface area contributed by atoms with Gasteiger partial charge in [-0.3, -0.25) is 10.1 Å². The van der Waals surface area contributed by atoms with Crippen LogP contribution in [0.15, 0.2) is 79.1 Å². The second-order valence-corrected chi connectivity index (χ2v) is 11.9. The zero-order valence-corrected chi connectivity index (χ0v) is 25.3. The predicted molar refractivity (Wildman–Crippen MR) is 171 cm³/mol. The van der Waals surface area contributed by atoms with Crippen LogP contribution in [0.25, 0.3) is 27.6 Å². The van der Waals surface area contributed by atoms with Crippen molar-refractivity contribution < 1.29 is 14.3 Å². The Labute approximate surface area is 256 Å². The molecule has 2 aromatic heterocycles. The van der Waals surface area contributed by atoms with Gasteiger partial charge < -0.3 is 15.0 Å². The zero-order chi connectivity index (χ0) is 30.8. The Morgan fingerprint density at radius 1 is 0.864 bits per heavy atom. The Morgan fingerprint density at radius 2 is 1.55 bits per heavy atom. The van der Waals surface area contributed by atoms with Crippen LogP contribution in [0.2, 0.25) is 0 Å². The van der Waals surface area contributed by atoms with E-state index in [1.165, 1.54) is 0 Å². The monoisotopic (exact) mass is 589 g/mol. The van der Waals surface area contributed by atoms with E-state index in [4.69, 9.17) is 9.84 Å². The van der Waals surface area contributed by atoms with Crippen molar-refractivity contribution in [3.05, 3.63) is 96.2 Å². The first-order valence-corrected chi connectivity index (χ1v) is 14.6. The maximum absolute atomic E-state index is 13.4. The molecule has 44 heavy (non-hydrogen) atoms. The quantitative estimate of drug-likeness (QED) is 0.252. The molecule has 1 aliphatic rings. The third-order valence-electron chi connectivity index (χ3n) is 7.62. The number of nitrogens with one attached hydrogen (secondary N) is 2. The number of carbonyl (C=O) groups excluding carboxylic acids is 2. The first-order chi connectivity index (χ1) is 21.2. The Morgan fingerprint density at radius 3 is 2.23 bits per heavy atom. The fourth-order valence-electron chi connectivity index (χ4n) is 5.13. The third kappa shape index (κ3) is 6.02.